The largest absolute Gasteiger partial charge is 0.507 e. The van der Waals surface area contributed by atoms with Crippen molar-refractivity contribution >= 4 is 17.4 Å². The van der Waals surface area contributed by atoms with E-state index in [4.69, 9.17) is 4.74 Å². The SMILES string of the molecule is COc1ccc(/C(O)=C2\C(=O)C(=O)N(CCc3ccccc3)C2c2ccncc2)cc1. The molecule has 1 saturated heterocycles. The number of aliphatic hydroxyl groups is 1. The summed E-state index contributed by atoms with van der Waals surface area (Å²) in [5.41, 5.74) is 2.31. The summed E-state index contributed by atoms with van der Waals surface area (Å²) in [5.74, 6) is -0.883. The summed E-state index contributed by atoms with van der Waals surface area (Å²) < 4.78 is 5.16. The predicted octanol–water partition coefficient (Wildman–Crippen LogP) is 3.75. The number of rotatable bonds is 6. The zero-order chi connectivity index (χ0) is 21.8. The first kappa shape index (κ1) is 20.3. The third-order valence-electron chi connectivity index (χ3n) is 5.41. The first-order valence-corrected chi connectivity index (χ1v) is 9.97. The molecule has 1 amide bonds. The molecule has 0 bridgehead atoms. The summed E-state index contributed by atoms with van der Waals surface area (Å²) in [7, 11) is 1.55. The van der Waals surface area contributed by atoms with E-state index in [1.54, 1.807) is 55.9 Å². The first-order chi connectivity index (χ1) is 15.1. The Kier molecular flexibility index (Phi) is 5.80. The van der Waals surface area contributed by atoms with Gasteiger partial charge in [-0.2, -0.15) is 0 Å². The fourth-order valence-corrected chi connectivity index (χ4v) is 3.80. The van der Waals surface area contributed by atoms with E-state index < -0.39 is 17.7 Å². The van der Waals surface area contributed by atoms with Crippen LogP contribution < -0.4 is 4.74 Å². The maximum absolute atomic E-state index is 13.0. The molecule has 1 aliphatic rings. The summed E-state index contributed by atoms with van der Waals surface area (Å²) in [6.45, 7) is 0.348. The average Bonchev–Trinajstić information content (AvgIpc) is 3.08. The van der Waals surface area contributed by atoms with Crippen LogP contribution in [-0.2, 0) is 16.0 Å². The number of likely N-dealkylation sites (tertiary alicyclic amines) is 1. The Balaban J connectivity index is 1.75. The number of carbonyl (C=O) groups is 2. The van der Waals surface area contributed by atoms with Crippen molar-refractivity contribution in [1.29, 1.82) is 0 Å². The standard InChI is InChI=1S/C25H22N2O4/c1-31-20-9-7-19(8-10-20)23(28)21-22(18-11-14-26-15-12-18)27(25(30)24(21)29)16-13-17-5-3-2-4-6-17/h2-12,14-15,22,28H,13,16H2,1H3/b23-21+. The van der Waals surface area contributed by atoms with Crippen molar-refractivity contribution in [3.63, 3.8) is 0 Å². The number of ether oxygens (including phenoxy) is 1. The van der Waals surface area contributed by atoms with Gasteiger partial charge in [-0.25, -0.2) is 0 Å². The van der Waals surface area contributed by atoms with Crippen LogP contribution in [0.4, 0.5) is 0 Å². The number of methoxy groups -OCH3 is 1. The Labute approximate surface area is 180 Å². The average molecular weight is 414 g/mol. The topological polar surface area (TPSA) is 79.7 Å². The molecule has 2 heterocycles. The fourth-order valence-electron chi connectivity index (χ4n) is 3.80. The molecule has 0 saturated carbocycles. The Hall–Kier alpha value is -3.93. The summed E-state index contributed by atoms with van der Waals surface area (Å²) in [6.07, 6.45) is 3.82. The normalized spacial score (nSPS) is 17.7. The molecule has 31 heavy (non-hydrogen) atoms. The number of ketones is 1. The third-order valence-corrected chi connectivity index (χ3v) is 5.41. The van der Waals surface area contributed by atoms with Gasteiger partial charge >= 0.3 is 0 Å². The van der Waals surface area contributed by atoms with Gasteiger partial charge in [-0.05, 0) is 53.9 Å². The third kappa shape index (κ3) is 4.05. The summed E-state index contributed by atoms with van der Waals surface area (Å²) in [5, 5.41) is 11.0. The summed E-state index contributed by atoms with van der Waals surface area (Å²) >= 11 is 0. The van der Waals surface area contributed by atoms with Gasteiger partial charge in [0, 0.05) is 24.5 Å². The molecule has 4 rings (SSSR count). The van der Waals surface area contributed by atoms with Gasteiger partial charge in [0.15, 0.2) is 0 Å². The molecular formula is C25H22N2O4. The number of aliphatic hydroxyl groups excluding tert-OH is 1. The zero-order valence-corrected chi connectivity index (χ0v) is 17.1. The van der Waals surface area contributed by atoms with Crippen LogP contribution in [0.2, 0.25) is 0 Å². The lowest BCUT2D eigenvalue weighted by molar-refractivity contribution is -0.139. The molecule has 6 nitrogen and oxygen atoms in total. The molecule has 156 valence electrons. The molecule has 6 heteroatoms. The Bertz CT molecular complexity index is 1110. The minimum atomic E-state index is -0.691. The highest BCUT2D eigenvalue weighted by atomic mass is 16.5. The van der Waals surface area contributed by atoms with Crippen molar-refractivity contribution in [1.82, 2.24) is 9.88 Å². The quantitative estimate of drug-likeness (QED) is 0.377. The lowest BCUT2D eigenvalue weighted by Gasteiger charge is -2.25. The van der Waals surface area contributed by atoms with Gasteiger partial charge in [-0.3, -0.25) is 14.6 Å². The van der Waals surface area contributed by atoms with E-state index in [0.717, 1.165) is 11.1 Å². The molecule has 0 spiro atoms. The van der Waals surface area contributed by atoms with Crippen LogP contribution in [-0.4, -0.2) is 40.3 Å². The highest BCUT2D eigenvalue weighted by molar-refractivity contribution is 6.46. The van der Waals surface area contributed by atoms with Crippen LogP contribution >= 0.6 is 0 Å². The molecule has 3 aromatic rings. The second-order valence-electron chi connectivity index (χ2n) is 7.24. The second kappa shape index (κ2) is 8.83. The van der Waals surface area contributed by atoms with E-state index in [9.17, 15) is 14.7 Å². The number of pyridine rings is 1. The van der Waals surface area contributed by atoms with E-state index >= 15 is 0 Å². The van der Waals surface area contributed by atoms with Crippen molar-refractivity contribution in [3.05, 3.63) is 101 Å². The lowest BCUT2D eigenvalue weighted by Crippen LogP contribution is -2.31. The van der Waals surface area contributed by atoms with Gasteiger partial charge in [-0.15, -0.1) is 0 Å². The zero-order valence-electron chi connectivity index (χ0n) is 17.1. The number of nitrogens with zero attached hydrogens (tertiary/aromatic N) is 2. The van der Waals surface area contributed by atoms with Gasteiger partial charge in [0.25, 0.3) is 11.7 Å². The second-order valence-corrected chi connectivity index (χ2v) is 7.24. The predicted molar refractivity (Wildman–Crippen MR) is 116 cm³/mol. The lowest BCUT2D eigenvalue weighted by atomic mass is 9.96. The van der Waals surface area contributed by atoms with Crippen molar-refractivity contribution in [3.8, 4) is 5.75 Å². The molecule has 0 aliphatic carbocycles. The van der Waals surface area contributed by atoms with Crippen molar-refractivity contribution in [2.75, 3.05) is 13.7 Å². The van der Waals surface area contributed by atoms with Crippen molar-refractivity contribution in [2.24, 2.45) is 0 Å². The van der Waals surface area contributed by atoms with Crippen LogP contribution in [0.25, 0.3) is 5.76 Å². The minimum Gasteiger partial charge on any atom is -0.507 e. The van der Waals surface area contributed by atoms with E-state index in [-0.39, 0.29) is 11.3 Å². The van der Waals surface area contributed by atoms with Crippen LogP contribution in [0.5, 0.6) is 5.75 Å². The van der Waals surface area contributed by atoms with Gasteiger partial charge in [0.05, 0.1) is 18.7 Å². The number of hydrogen-bond donors (Lipinski definition) is 1. The minimum absolute atomic E-state index is 0.0782. The summed E-state index contributed by atoms with van der Waals surface area (Å²) in [6, 6.07) is 19.3. The van der Waals surface area contributed by atoms with Gasteiger partial charge < -0.3 is 14.7 Å². The first-order valence-electron chi connectivity index (χ1n) is 9.97. The maximum Gasteiger partial charge on any atom is 0.295 e. The number of benzene rings is 2. The highest BCUT2D eigenvalue weighted by Gasteiger charge is 2.45. The molecule has 1 aromatic heterocycles. The van der Waals surface area contributed by atoms with Crippen LogP contribution in [0.1, 0.15) is 22.7 Å². The van der Waals surface area contributed by atoms with E-state index in [0.29, 0.717) is 24.3 Å². The van der Waals surface area contributed by atoms with E-state index in [1.807, 2.05) is 30.3 Å². The molecule has 1 N–H and O–H groups in total. The molecule has 1 fully saturated rings. The highest BCUT2D eigenvalue weighted by Crippen LogP contribution is 2.39. The Morgan fingerprint density at radius 1 is 1.00 bits per heavy atom. The molecule has 0 radical (unpaired) electrons. The van der Waals surface area contributed by atoms with E-state index in [1.165, 1.54) is 4.90 Å². The molecule has 1 aliphatic heterocycles. The molecule has 1 unspecified atom stereocenters. The number of amides is 1. The monoisotopic (exact) mass is 414 g/mol. The van der Waals surface area contributed by atoms with E-state index in [2.05, 4.69) is 4.98 Å². The molecule has 1 atom stereocenters. The van der Waals surface area contributed by atoms with Crippen molar-refractivity contribution < 1.29 is 19.4 Å². The number of Topliss-reactive ketones (excluding diaryl/α,β-unsaturated/α-hetero) is 1. The number of carbonyl (C=O) groups excluding carboxylic acids is 2. The van der Waals surface area contributed by atoms with Crippen LogP contribution in [0.3, 0.4) is 0 Å². The smallest absolute Gasteiger partial charge is 0.295 e. The van der Waals surface area contributed by atoms with Gasteiger partial charge in [0.1, 0.15) is 11.5 Å². The van der Waals surface area contributed by atoms with Crippen LogP contribution in [0, 0.1) is 0 Å². The number of aromatic nitrogens is 1. The number of hydrogen-bond acceptors (Lipinski definition) is 5. The molecular weight excluding hydrogens is 392 g/mol. The maximum atomic E-state index is 13.0. The fraction of sp³-hybridized carbons (Fsp3) is 0.160. The van der Waals surface area contributed by atoms with Gasteiger partial charge in [-0.1, -0.05) is 30.3 Å². The Morgan fingerprint density at radius 3 is 2.32 bits per heavy atom. The van der Waals surface area contributed by atoms with Gasteiger partial charge in [0.2, 0.25) is 0 Å². The molecule has 2 aromatic carbocycles. The van der Waals surface area contributed by atoms with Crippen molar-refractivity contribution in [2.45, 2.75) is 12.5 Å². The Morgan fingerprint density at radius 2 is 1.68 bits per heavy atom. The summed E-state index contributed by atoms with van der Waals surface area (Å²) in [4.78, 5) is 31.5. The van der Waals surface area contributed by atoms with Crippen LogP contribution in [0.15, 0.2) is 84.7 Å².